The van der Waals surface area contributed by atoms with Crippen molar-refractivity contribution in [1.82, 2.24) is 34.3 Å². The molecule has 0 fully saturated rings. The van der Waals surface area contributed by atoms with Crippen molar-refractivity contribution in [3.63, 3.8) is 0 Å². The minimum atomic E-state index is 0. The van der Waals surface area contributed by atoms with Crippen molar-refractivity contribution in [3.8, 4) is 22.6 Å². The van der Waals surface area contributed by atoms with Gasteiger partial charge in [0.05, 0.1) is 12.2 Å². The van der Waals surface area contributed by atoms with Crippen LogP contribution in [0, 0.1) is 0 Å². The van der Waals surface area contributed by atoms with E-state index in [1.165, 1.54) is 6.33 Å². The first-order valence-corrected chi connectivity index (χ1v) is 9.41. The van der Waals surface area contributed by atoms with Crippen LogP contribution in [-0.4, -0.2) is 34.3 Å². The largest absolute Gasteiger partial charge is 0.378 e. The number of rotatable bonds is 5. The van der Waals surface area contributed by atoms with Crippen molar-refractivity contribution in [2.45, 2.75) is 6.54 Å². The Morgan fingerprint density at radius 1 is 1.10 bits per heavy atom. The third kappa shape index (κ3) is 3.87. The first kappa shape index (κ1) is 19.9. The lowest BCUT2D eigenvalue weighted by Gasteiger charge is -2.04. The van der Waals surface area contributed by atoms with Crippen molar-refractivity contribution in [2.75, 3.05) is 5.32 Å². The summed E-state index contributed by atoms with van der Waals surface area (Å²) in [6, 6.07) is 13.4. The van der Waals surface area contributed by atoms with Gasteiger partial charge in [0.15, 0.2) is 5.65 Å². The number of benzene rings is 1. The standard InChI is InChI=1S/C20H17ClN8.ClH/c1-28-9-8-16(27-28)20-19(13-2-7-18-23-12-24-29(18)11-13)25-17(26-20)10-22-15-5-3-14(21)4-6-15;/h2-9,11-12,22H,10H2,1H3,(H,25,26);1H. The molecule has 0 amide bonds. The molecule has 0 spiro atoms. The molecule has 0 unspecified atom stereocenters. The van der Waals surface area contributed by atoms with Crippen LogP contribution in [0.2, 0.25) is 5.02 Å². The Morgan fingerprint density at radius 3 is 2.70 bits per heavy atom. The van der Waals surface area contributed by atoms with E-state index in [9.17, 15) is 0 Å². The van der Waals surface area contributed by atoms with E-state index in [2.05, 4.69) is 25.5 Å². The molecule has 1 aromatic carbocycles. The second-order valence-corrected chi connectivity index (χ2v) is 7.06. The molecule has 0 bridgehead atoms. The predicted octanol–water partition coefficient (Wildman–Crippen LogP) is 4.21. The number of aromatic amines is 1. The molecule has 0 saturated heterocycles. The number of imidazole rings is 1. The summed E-state index contributed by atoms with van der Waals surface area (Å²) in [5, 5.41) is 12.8. The molecule has 10 heteroatoms. The third-order valence-corrected chi connectivity index (χ3v) is 4.83. The number of pyridine rings is 1. The average molecular weight is 441 g/mol. The second kappa shape index (κ2) is 8.17. The van der Waals surface area contributed by atoms with E-state index >= 15 is 0 Å². The quantitative estimate of drug-likeness (QED) is 0.427. The Labute approximate surface area is 183 Å². The van der Waals surface area contributed by atoms with E-state index in [1.807, 2.05) is 61.9 Å². The van der Waals surface area contributed by atoms with E-state index < -0.39 is 0 Å². The van der Waals surface area contributed by atoms with Gasteiger partial charge in [-0.05, 0) is 42.5 Å². The van der Waals surface area contributed by atoms with E-state index in [0.717, 1.165) is 39.8 Å². The van der Waals surface area contributed by atoms with Gasteiger partial charge in [-0.3, -0.25) is 4.68 Å². The highest BCUT2D eigenvalue weighted by Gasteiger charge is 2.17. The molecule has 5 rings (SSSR count). The first-order chi connectivity index (χ1) is 14.2. The molecule has 5 aromatic rings. The van der Waals surface area contributed by atoms with Gasteiger partial charge in [0, 0.05) is 35.7 Å². The summed E-state index contributed by atoms with van der Waals surface area (Å²) in [5.74, 6) is 0.800. The third-order valence-electron chi connectivity index (χ3n) is 4.58. The number of hydrogen-bond donors (Lipinski definition) is 2. The Bertz CT molecular complexity index is 1290. The topological polar surface area (TPSA) is 88.7 Å². The van der Waals surface area contributed by atoms with E-state index in [1.54, 1.807) is 9.20 Å². The summed E-state index contributed by atoms with van der Waals surface area (Å²) in [4.78, 5) is 12.4. The van der Waals surface area contributed by atoms with E-state index in [0.29, 0.717) is 11.6 Å². The van der Waals surface area contributed by atoms with Crippen molar-refractivity contribution in [2.24, 2.45) is 7.05 Å². The zero-order valence-corrected chi connectivity index (χ0v) is 17.5. The average Bonchev–Trinajstić information content (AvgIpc) is 3.46. The van der Waals surface area contributed by atoms with Gasteiger partial charge in [-0.2, -0.15) is 10.2 Å². The fourth-order valence-corrected chi connectivity index (χ4v) is 3.29. The molecular weight excluding hydrogens is 423 g/mol. The Morgan fingerprint density at radius 2 is 1.93 bits per heavy atom. The number of aryl methyl sites for hydroxylation is 1. The van der Waals surface area contributed by atoms with Crippen LogP contribution in [-0.2, 0) is 13.6 Å². The van der Waals surface area contributed by atoms with Crippen LogP contribution < -0.4 is 5.32 Å². The van der Waals surface area contributed by atoms with Gasteiger partial charge in [0.25, 0.3) is 0 Å². The summed E-state index contributed by atoms with van der Waals surface area (Å²) >= 11 is 5.96. The minimum absolute atomic E-state index is 0. The molecular formula is C20H18Cl2N8. The van der Waals surface area contributed by atoms with Gasteiger partial charge in [-0.1, -0.05) is 11.6 Å². The number of hydrogen-bond acceptors (Lipinski definition) is 5. The second-order valence-electron chi connectivity index (χ2n) is 6.62. The number of H-pyrrole nitrogens is 1. The molecule has 4 heterocycles. The summed E-state index contributed by atoms with van der Waals surface area (Å²) in [6.07, 6.45) is 5.37. The van der Waals surface area contributed by atoms with Gasteiger partial charge >= 0.3 is 0 Å². The fourth-order valence-electron chi connectivity index (χ4n) is 3.16. The number of aromatic nitrogens is 7. The van der Waals surface area contributed by atoms with Gasteiger partial charge in [-0.25, -0.2) is 14.5 Å². The Hall–Kier alpha value is -3.36. The van der Waals surface area contributed by atoms with Crippen molar-refractivity contribution >= 4 is 35.3 Å². The molecule has 152 valence electrons. The lowest BCUT2D eigenvalue weighted by Crippen LogP contribution is -2.01. The van der Waals surface area contributed by atoms with Crippen LogP contribution in [0.15, 0.2) is 61.2 Å². The van der Waals surface area contributed by atoms with Gasteiger partial charge in [-0.15, -0.1) is 12.4 Å². The highest BCUT2D eigenvalue weighted by atomic mass is 35.5. The number of fused-ring (bicyclic) bond motifs is 1. The maximum absolute atomic E-state index is 5.96. The maximum atomic E-state index is 5.96. The van der Waals surface area contributed by atoms with Crippen LogP contribution >= 0.6 is 24.0 Å². The summed E-state index contributed by atoms with van der Waals surface area (Å²) < 4.78 is 3.50. The number of anilines is 1. The first-order valence-electron chi connectivity index (χ1n) is 9.04. The van der Waals surface area contributed by atoms with Crippen LogP contribution in [0.5, 0.6) is 0 Å². The van der Waals surface area contributed by atoms with Crippen LogP contribution in [0.3, 0.4) is 0 Å². The fraction of sp³-hybridized carbons (Fsp3) is 0.100. The number of halogens is 2. The number of nitrogens with zero attached hydrogens (tertiary/aromatic N) is 6. The summed E-state index contributed by atoms with van der Waals surface area (Å²) in [6.45, 7) is 0.535. The smallest absolute Gasteiger partial charge is 0.155 e. The molecule has 0 aliphatic heterocycles. The van der Waals surface area contributed by atoms with Crippen molar-refractivity contribution < 1.29 is 0 Å². The molecule has 8 nitrogen and oxygen atoms in total. The molecule has 2 N–H and O–H groups in total. The normalized spacial score (nSPS) is 10.9. The van der Waals surface area contributed by atoms with Crippen LogP contribution in [0.1, 0.15) is 5.82 Å². The summed E-state index contributed by atoms with van der Waals surface area (Å²) in [7, 11) is 1.89. The predicted molar refractivity (Wildman–Crippen MR) is 119 cm³/mol. The van der Waals surface area contributed by atoms with E-state index in [-0.39, 0.29) is 12.4 Å². The molecule has 0 aliphatic rings. The molecule has 0 radical (unpaired) electrons. The molecule has 0 saturated carbocycles. The van der Waals surface area contributed by atoms with E-state index in [4.69, 9.17) is 16.6 Å². The van der Waals surface area contributed by atoms with Gasteiger partial charge in [0.1, 0.15) is 23.5 Å². The van der Waals surface area contributed by atoms with Crippen LogP contribution in [0.4, 0.5) is 5.69 Å². The van der Waals surface area contributed by atoms with Crippen molar-refractivity contribution in [1.29, 1.82) is 0 Å². The van der Waals surface area contributed by atoms with Crippen molar-refractivity contribution in [3.05, 3.63) is 72.0 Å². The molecule has 4 aromatic heterocycles. The Kier molecular flexibility index (Phi) is 5.43. The Balaban J connectivity index is 0.00000218. The molecule has 0 aliphatic carbocycles. The lowest BCUT2D eigenvalue weighted by molar-refractivity contribution is 0.770. The van der Waals surface area contributed by atoms with Gasteiger partial charge in [0.2, 0.25) is 0 Å². The zero-order valence-electron chi connectivity index (χ0n) is 16.0. The SMILES string of the molecule is Cl.Cn1ccc(-c2nc(CNc3ccc(Cl)cc3)[nH]c2-c2ccc3ncnn3c2)n1. The molecule has 0 atom stereocenters. The number of nitrogens with one attached hydrogen (secondary N) is 2. The minimum Gasteiger partial charge on any atom is -0.378 e. The lowest BCUT2D eigenvalue weighted by atomic mass is 10.1. The zero-order chi connectivity index (χ0) is 19.8. The van der Waals surface area contributed by atoms with Crippen LogP contribution in [0.25, 0.3) is 28.3 Å². The molecule has 30 heavy (non-hydrogen) atoms. The monoisotopic (exact) mass is 440 g/mol. The highest BCUT2D eigenvalue weighted by Crippen LogP contribution is 2.29. The maximum Gasteiger partial charge on any atom is 0.155 e. The van der Waals surface area contributed by atoms with Gasteiger partial charge < -0.3 is 10.3 Å². The highest BCUT2D eigenvalue weighted by molar-refractivity contribution is 6.30. The summed E-state index contributed by atoms with van der Waals surface area (Å²) in [5.41, 5.74) is 5.18.